The zero-order valence-corrected chi connectivity index (χ0v) is 10.0. The molecule has 88 valence electrons. The molecule has 0 saturated carbocycles. The Labute approximate surface area is 91.0 Å². The molecule has 5 nitrogen and oxygen atoms in total. The maximum atomic E-state index is 11.7. The highest BCUT2D eigenvalue weighted by molar-refractivity contribution is 7.87. The molecule has 0 aromatic rings. The van der Waals surface area contributed by atoms with Gasteiger partial charge in [0.05, 0.1) is 0 Å². The van der Waals surface area contributed by atoms with Gasteiger partial charge in [0.15, 0.2) is 0 Å². The van der Waals surface area contributed by atoms with Crippen molar-refractivity contribution in [2.75, 3.05) is 13.1 Å². The lowest BCUT2D eigenvalue weighted by molar-refractivity contribution is -0.122. The monoisotopic (exact) mass is 234 g/mol. The van der Waals surface area contributed by atoms with E-state index in [2.05, 4.69) is 4.72 Å². The maximum Gasteiger partial charge on any atom is 0.303 e. The molecule has 1 fully saturated rings. The number of nitrogens with zero attached hydrogens (tertiary/aromatic N) is 1. The largest absolute Gasteiger partial charge is 0.303 e. The molecule has 1 rings (SSSR count). The zero-order valence-electron chi connectivity index (χ0n) is 9.19. The Morgan fingerprint density at radius 1 is 1.40 bits per heavy atom. The van der Waals surface area contributed by atoms with Gasteiger partial charge in [-0.1, -0.05) is 13.8 Å². The van der Waals surface area contributed by atoms with Crippen LogP contribution in [0.15, 0.2) is 0 Å². The minimum absolute atomic E-state index is 0.262. The van der Waals surface area contributed by atoms with Crippen LogP contribution >= 0.6 is 0 Å². The second-order valence-corrected chi connectivity index (χ2v) is 5.56. The smallest absolute Gasteiger partial charge is 0.274 e. The van der Waals surface area contributed by atoms with E-state index >= 15 is 0 Å². The second-order valence-electron chi connectivity index (χ2n) is 3.89. The second kappa shape index (κ2) is 4.94. The minimum atomic E-state index is -3.58. The summed E-state index contributed by atoms with van der Waals surface area (Å²) in [6.45, 7) is 4.60. The molecule has 1 amide bonds. The molecule has 6 heteroatoms. The number of hydrogen-bond donors (Lipinski definition) is 1. The van der Waals surface area contributed by atoms with Gasteiger partial charge in [-0.15, -0.1) is 0 Å². The van der Waals surface area contributed by atoms with E-state index in [0.29, 0.717) is 19.5 Å². The van der Waals surface area contributed by atoms with Gasteiger partial charge in [0, 0.05) is 19.0 Å². The third kappa shape index (κ3) is 3.17. The SMILES string of the molecule is CCC(C)C(=O)NS(=O)(=O)N1CCCC1. The van der Waals surface area contributed by atoms with Crippen LogP contribution in [0.5, 0.6) is 0 Å². The fourth-order valence-electron chi connectivity index (χ4n) is 1.41. The molecule has 15 heavy (non-hydrogen) atoms. The van der Waals surface area contributed by atoms with Crippen molar-refractivity contribution in [3.63, 3.8) is 0 Å². The molecule has 1 atom stereocenters. The van der Waals surface area contributed by atoms with E-state index < -0.39 is 16.1 Å². The first-order valence-electron chi connectivity index (χ1n) is 5.29. The molecular weight excluding hydrogens is 216 g/mol. The predicted molar refractivity (Wildman–Crippen MR) is 57.3 cm³/mol. The summed E-state index contributed by atoms with van der Waals surface area (Å²) in [5.41, 5.74) is 0. The summed E-state index contributed by atoms with van der Waals surface area (Å²) in [7, 11) is -3.58. The van der Waals surface area contributed by atoms with Gasteiger partial charge < -0.3 is 0 Å². The molecule has 0 aromatic carbocycles. The van der Waals surface area contributed by atoms with Gasteiger partial charge in [0.2, 0.25) is 5.91 Å². The highest BCUT2D eigenvalue weighted by Gasteiger charge is 2.27. The van der Waals surface area contributed by atoms with Crippen molar-refractivity contribution in [2.45, 2.75) is 33.1 Å². The van der Waals surface area contributed by atoms with Crippen molar-refractivity contribution >= 4 is 16.1 Å². The van der Waals surface area contributed by atoms with Crippen LogP contribution < -0.4 is 4.72 Å². The number of carbonyl (C=O) groups excluding carboxylic acids is 1. The lowest BCUT2D eigenvalue weighted by Gasteiger charge is -2.17. The number of rotatable bonds is 4. The van der Waals surface area contributed by atoms with Gasteiger partial charge in [-0.25, -0.2) is 4.72 Å². The molecule has 1 N–H and O–H groups in total. The molecule has 0 radical (unpaired) electrons. The van der Waals surface area contributed by atoms with E-state index in [1.165, 1.54) is 4.31 Å². The Morgan fingerprint density at radius 3 is 2.40 bits per heavy atom. The fraction of sp³-hybridized carbons (Fsp3) is 0.889. The third-order valence-electron chi connectivity index (χ3n) is 2.69. The first kappa shape index (κ1) is 12.4. The molecule has 1 aliphatic rings. The van der Waals surface area contributed by atoms with E-state index in [1.54, 1.807) is 6.92 Å². The summed E-state index contributed by atoms with van der Waals surface area (Å²) in [5.74, 6) is -0.674. The van der Waals surface area contributed by atoms with Crippen molar-refractivity contribution in [2.24, 2.45) is 5.92 Å². The molecular formula is C9H18N2O3S. The zero-order chi connectivity index (χ0) is 11.5. The number of amides is 1. The molecule has 1 aliphatic heterocycles. The predicted octanol–water partition coefficient (Wildman–Crippen LogP) is 0.489. The average molecular weight is 234 g/mol. The van der Waals surface area contributed by atoms with Crippen molar-refractivity contribution in [3.8, 4) is 0 Å². The van der Waals surface area contributed by atoms with Gasteiger partial charge in [-0.3, -0.25) is 4.79 Å². The van der Waals surface area contributed by atoms with Crippen LogP contribution in [0, 0.1) is 5.92 Å². The Balaban J connectivity index is 2.59. The van der Waals surface area contributed by atoms with Gasteiger partial charge in [0.25, 0.3) is 0 Å². The quantitative estimate of drug-likeness (QED) is 0.769. The van der Waals surface area contributed by atoms with E-state index in [0.717, 1.165) is 12.8 Å². The number of nitrogens with one attached hydrogen (secondary N) is 1. The Morgan fingerprint density at radius 2 is 1.93 bits per heavy atom. The highest BCUT2D eigenvalue weighted by atomic mass is 32.2. The van der Waals surface area contributed by atoms with E-state index in [9.17, 15) is 13.2 Å². The van der Waals surface area contributed by atoms with Gasteiger partial charge >= 0.3 is 10.2 Å². The lowest BCUT2D eigenvalue weighted by atomic mass is 10.1. The highest BCUT2D eigenvalue weighted by Crippen LogP contribution is 2.12. The Kier molecular flexibility index (Phi) is 4.10. The van der Waals surface area contributed by atoms with Gasteiger partial charge in [-0.2, -0.15) is 12.7 Å². The van der Waals surface area contributed by atoms with E-state index in [4.69, 9.17) is 0 Å². The summed E-state index contributed by atoms with van der Waals surface area (Å²) in [6, 6.07) is 0. The van der Waals surface area contributed by atoms with Crippen molar-refractivity contribution in [3.05, 3.63) is 0 Å². The lowest BCUT2D eigenvalue weighted by Crippen LogP contribution is -2.43. The molecule has 0 aliphatic carbocycles. The number of hydrogen-bond acceptors (Lipinski definition) is 3. The van der Waals surface area contributed by atoms with Crippen molar-refractivity contribution in [1.82, 2.24) is 9.03 Å². The first-order valence-corrected chi connectivity index (χ1v) is 6.73. The molecule has 1 saturated heterocycles. The minimum Gasteiger partial charge on any atom is -0.274 e. The normalized spacial score (nSPS) is 20.1. The maximum absolute atomic E-state index is 11.7. The van der Waals surface area contributed by atoms with Crippen LogP contribution in [0.3, 0.4) is 0 Å². The first-order chi connectivity index (χ1) is 6.97. The summed E-state index contributed by atoms with van der Waals surface area (Å²) < 4.78 is 26.7. The topological polar surface area (TPSA) is 66.5 Å². The van der Waals surface area contributed by atoms with Gasteiger partial charge in [-0.05, 0) is 19.3 Å². The summed E-state index contributed by atoms with van der Waals surface area (Å²) in [4.78, 5) is 11.4. The van der Waals surface area contributed by atoms with Crippen LogP contribution in [0.1, 0.15) is 33.1 Å². The fourth-order valence-corrected chi connectivity index (χ4v) is 2.73. The molecule has 1 unspecified atom stereocenters. The van der Waals surface area contributed by atoms with E-state index in [1.807, 2.05) is 6.92 Å². The standard InChI is InChI=1S/C9H18N2O3S/c1-3-8(2)9(12)10-15(13,14)11-6-4-5-7-11/h8H,3-7H2,1-2H3,(H,10,12). The third-order valence-corrected chi connectivity index (χ3v) is 4.20. The van der Waals surface area contributed by atoms with Crippen LogP contribution in [0.4, 0.5) is 0 Å². The van der Waals surface area contributed by atoms with Crippen molar-refractivity contribution < 1.29 is 13.2 Å². The van der Waals surface area contributed by atoms with Crippen LogP contribution in [0.2, 0.25) is 0 Å². The summed E-state index contributed by atoms with van der Waals surface area (Å²) in [5, 5.41) is 0. The van der Waals surface area contributed by atoms with Gasteiger partial charge in [0.1, 0.15) is 0 Å². The number of carbonyl (C=O) groups is 1. The molecule has 0 aromatic heterocycles. The van der Waals surface area contributed by atoms with Crippen molar-refractivity contribution in [1.29, 1.82) is 0 Å². The van der Waals surface area contributed by atoms with Crippen LogP contribution in [-0.2, 0) is 15.0 Å². The molecule has 0 spiro atoms. The molecule has 0 bridgehead atoms. The summed E-state index contributed by atoms with van der Waals surface area (Å²) >= 11 is 0. The summed E-state index contributed by atoms with van der Waals surface area (Å²) in [6.07, 6.45) is 2.39. The van der Waals surface area contributed by atoms with Crippen LogP contribution in [-0.4, -0.2) is 31.7 Å². The Hall–Kier alpha value is -0.620. The van der Waals surface area contributed by atoms with Crippen LogP contribution in [0.25, 0.3) is 0 Å². The van der Waals surface area contributed by atoms with E-state index in [-0.39, 0.29) is 5.92 Å². The Bertz CT molecular complexity index is 320. The molecule has 1 heterocycles. The average Bonchev–Trinajstić information content (AvgIpc) is 2.69.